The highest BCUT2D eigenvalue weighted by Crippen LogP contribution is 2.70. The van der Waals surface area contributed by atoms with Crippen molar-refractivity contribution in [2.24, 2.45) is 17.3 Å². The van der Waals surface area contributed by atoms with E-state index in [2.05, 4.69) is 0 Å². The van der Waals surface area contributed by atoms with E-state index < -0.39 is 41.4 Å². The predicted molar refractivity (Wildman–Crippen MR) is 130 cm³/mol. The van der Waals surface area contributed by atoms with E-state index in [1.807, 2.05) is 43.3 Å². The first-order valence-electron chi connectivity index (χ1n) is 13.1. The Hall–Kier alpha value is -2.06. The number of halogens is 5. The first-order chi connectivity index (χ1) is 17.2. The van der Waals surface area contributed by atoms with Gasteiger partial charge in [-0.2, -0.15) is 22.0 Å². The molecule has 0 unspecified atom stereocenters. The van der Waals surface area contributed by atoms with Crippen LogP contribution < -0.4 is 0 Å². The fraction of sp³-hybridized carbons (Fsp3) is 0.621. The molecule has 0 aliphatic heterocycles. The van der Waals surface area contributed by atoms with Crippen molar-refractivity contribution in [3.05, 3.63) is 58.2 Å². The Balaban J connectivity index is 1.65. The van der Waals surface area contributed by atoms with Gasteiger partial charge in [0.05, 0.1) is 0 Å². The first-order valence-corrected chi connectivity index (χ1v) is 13.1. The van der Waals surface area contributed by atoms with Gasteiger partial charge in [-0.3, -0.25) is 4.79 Å². The second-order valence-electron chi connectivity index (χ2n) is 11.9. The van der Waals surface area contributed by atoms with Crippen molar-refractivity contribution in [3.8, 4) is 0 Å². The maximum Gasteiger partial charge on any atom is 0.456 e. The summed E-state index contributed by atoms with van der Waals surface area (Å²) in [5.74, 6) is -6.24. The van der Waals surface area contributed by atoms with Gasteiger partial charge in [-0.05, 0) is 92.8 Å². The van der Waals surface area contributed by atoms with Crippen LogP contribution in [0.2, 0.25) is 0 Å². The third-order valence-electron chi connectivity index (χ3n) is 9.64. The highest BCUT2D eigenvalue weighted by Gasteiger charge is 2.79. The quantitative estimate of drug-likeness (QED) is 0.454. The number of rotatable bonds is 4. The number of benzene rings is 1. The van der Waals surface area contributed by atoms with Crippen molar-refractivity contribution in [3.63, 3.8) is 0 Å². The Kier molecular flexibility index (Phi) is 6.26. The molecule has 0 radical (unpaired) electrons. The van der Waals surface area contributed by atoms with E-state index >= 15 is 8.78 Å². The number of alkyl halides is 5. The summed E-state index contributed by atoms with van der Waals surface area (Å²) in [6, 6.07) is 7.83. The SMILES string of the molecule is CN(C)Cc1ccc([C@H]2C[C@@]3(C)[C@@H](CC[C@@]3(O)C(F)(F)C(F)(F)F)[C@@H]3CCC4=CC(=O)CCC4=C32)cc1. The van der Waals surface area contributed by atoms with Crippen LogP contribution in [0.4, 0.5) is 22.0 Å². The number of carbonyl (C=O) groups excluding carboxylic acids is 1. The Morgan fingerprint density at radius 3 is 2.32 bits per heavy atom. The molecule has 37 heavy (non-hydrogen) atoms. The van der Waals surface area contributed by atoms with Crippen molar-refractivity contribution in [2.45, 2.75) is 82.0 Å². The lowest BCUT2D eigenvalue weighted by atomic mass is 9.50. The summed E-state index contributed by atoms with van der Waals surface area (Å²) in [5.41, 5.74) is 0.272. The zero-order valence-corrected chi connectivity index (χ0v) is 21.5. The Bertz CT molecular complexity index is 1150. The molecule has 5 atom stereocenters. The number of nitrogens with zero attached hydrogens (tertiary/aromatic N) is 1. The molecule has 1 aromatic rings. The second kappa shape index (κ2) is 8.73. The minimum Gasteiger partial charge on any atom is -0.383 e. The van der Waals surface area contributed by atoms with E-state index in [9.17, 15) is 23.1 Å². The number of fused-ring (bicyclic) bond motifs is 4. The topological polar surface area (TPSA) is 40.5 Å². The van der Waals surface area contributed by atoms with E-state index in [0.29, 0.717) is 32.2 Å². The number of carbonyl (C=O) groups is 1. The minimum absolute atomic E-state index is 0.00340. The van der Waals surface area contributed by atoms with Gasteiger partial charge in [0, 0.05) is 24.3 Å². The molecule has 1 aromatic carbocycles. The van der Waals surface area contributed by atoms with E-state index in [4.69, 9.17) is 0 Å². The van der Waals surface area contributed by atoms with E-state index in [0.717, 1.165) is 27.8 Å². The summed E-state index contributed by atoms with van der Waals surface area (Å²) >= 11 is 0. The maximum absolute atomic E-state index is 15.0. The van der Waals surface area contributed by atoms with Crippen molar-refractivity contribution >= 4 is 5.78 Å². The van der Waals surface area contributed by atoms with Crippen molar-refractivity contribution < 1.29 is 31.9 Å². The molecule has 8 heteroatoms. The zero-order valence-electron chi connectivity index (χ0n) is 21.5. The predicted octanol–water partition coefficient (Wildman–Crippen LogP) is 6.58. The van der Waals surface area contributed by atoms with Gasteiger partial charge in [0.2, 0.25) is 0 Å². The number of hydrogen-bond acceptors (Lipinski definition) is 3. The Morgan fingerprint density at radius 1 is 1.03 bits per heavy atom. The molecule has 0 amide bonds. The molecular formula is C29H34F5NO2. The van der Waals surface area contributed by atoms with Crippen LogP contribution in [0.1, 0.15) is 68.9 Å². The third kappa shape index (κ3) is 3.92. The Labute approximate surface area is 214 Å². The maximum atomic E-state index is 15.0. The molecule has 0 bridgehead atoms. The first kappa shape index (κ1) is 26.5. The molecule has 4 aliphatic carbocycles. The van der Waals surface area contributed by atoms with Crippen LogP contribution in [0, 0.1) is 17.3 Å². The molecule has 202 valence electrons. The smallest absolute Gasteiger partial charge is 0.383 e. The second-order valence-corrected chi connectivity index (χ2v) is 11.9. The molecule has 0 heterocycles. The lowest BCUT2D eigenvalue weighted by Gasteiger charge is -2.56. The van der Waals surface area contributed by atoms with E-state index in [-0.39, 0.29) is 24.5 Å². The van der Waals surface area contributed by atoms with Crippen LogP contribution in [-0.2, 0) is 11.3 Å². The largest absolute Gasteiger partial charge is 0.456 e. The fourth-order valence-corrected chi connectivity index (χ4v) is 7.93. The molecule has 2 saturated carbocycles. The highest BCUT2D eigenvalue weighted by molar-refractivity contribution is 5.93. The standard InChI is InChI=1S/C29H34F5NO2/c1-26-15-23(18-6-4-17(5-7-18)16-35(2)3)25-21-11-9-20(36)14-19(21)8-10-22(25)24(26)12-13-27(26,37)28(30,31)29(32,33)34/h4-7,14,22-24,37H,8-13,15-16H2,1-3H3/t22-,23+,24-,26-,27-/m0/s1. The van der Waals surface area contributed by atoms with Gasteiger partial charge in [0.15, 0.2) is 5.78 Å². The van der Waals surface area contributed by atoms with Gasteiger partial charge in [-0.15, -0.1) is 0 Å². The average molecular weight is 524 g/mol. The van der Waals surface area contributed by atoms with Crippen LogP contribution in [-0.4, -0.2) is 47.6 Å². The van der Waals surface area contributed by atoms with Crippen LogP contribution in [0.25, 0.3) is 0 Å². The van der Waals surface area contributed by atoms with Gasteiger partial charge in [0.25, 0.3) is 0 Å². The summed E-state index contributed by atoms with van der Waals surface area (Å²) < 4.78 is 71.0. The number of aliphatic hydroxyl groups is 1. The molecule has 3 nitrogen and oxygen atoms in total. The monoisotopic (exact) mass is 523 g/mol. The third-order valence-corrected chi connectivity index (χ3v) is 9.64. The lowest BCUT2D eigenvalue weighted by Crippen LogP contribution is -2.65. The molecule has 0 saturated heterocycles. The van der Waals surface area contributed by atoms with Gasteiger partial charge in [-0.1, -0.05) is 36.8 Å². The summed E-state index contributed by atoms with van der Waals surface area (Å²) in [4.78, 5) is 14.2. The van der Waals surface area contributed by atoms with Crippen molar-refractivity contribution in [2.75, 3.05) is 14.1 Å². The number of allylic oxidation sites excluding steroid dienone is 4. The lowest BCUT2D eigenvalue weighted by molar-refractivity contribution is -0.362. The molecular weight excluding hydrogens is 489 g/mol. The van der Waals surface area contributed by atoms with Gasteiger partial charge in [0.1, 0.15) is 5.60 Å². The Morgan fingerprint density at radius 2 is 1.70 bits per heavy atom. The molecule has 0 spiro atoms. The molecule has 1 N–H and O–H groups in total. The summed E-state index contributed by atoms with van der Waals surface area (Å²) in [5, 5.41) is 11.3. The van der Waals surface area contributed by atoms with Crippen LogP contribution in [0.3, 0.4) is 0 Å². The molecule has 2 fully saturated rings. The summed E-state index contributed by atoms with van der Waals surface area (Å²) in [7, 11) is 3.91. The van der Waals surface area contributed by atoms with Crippen molar-refractivity contribution in [1.29, 1.82) is 0 Å². The number of hydrogen-bond donors (Lipinski definition) is 1. The summed E-state index contributed by atoms with van der Waals surface area (Å²) in [6.45, 7) is 2.17. The van der Waals surface area contributed by atoms with E-state index in [1.54, 1.807) is 6.08 Å². The van der Waals surface area contributed by atoms with Gasteiger partial charge in [-0.25, -0.2) is 0 Å². The van der Waals surface area contributed by atoms with Gasteiger partial charge >= 0.3 is 12.1 Å². The van der Waals surface area contributed by atoms with Crippen LogP contribution >= 0.6 is 0 Å². The van der Waals surface area contributed by atoms with E-state index in [1.165, 1.54) is 6.92 Å². The van der Waals surface area contributed by atoms with Gasteiger partial charge < -0.3 is 10.0 Å². The van der Waals surface area contributed by atoms with Crippen LogP contribution in [0.5, 0.6) is 0 Å². The molecule has 5 rings (SSSR count). The normalized spacial score (nSPS) is 34.3. The molecule has 4 aliphatic rings. The zero-order chi connectivity index (χ0) is 27.0. The van der Waals surface area contributed by atoms with Crippen molar-refractivity contribution in [1.82, 2.24) is 4.90 Å². The average Bonchev–Trinajstić information content (AvgIpc) is 3.09. The molecule has 0 aromatic heterocycles. The summed E-state index contributed by atoms with van der Waals surface area (Å²) in [6.07, 6.45) is -2.49. The fourth-order valence-electron chi connectivity index (χ4n) is 7.93. The van der Waals surface area contributed by atoms with Crippen LogP contribution in [0.15, 0.2) is 47.1 Å². The highest BCUT2D eigenvalue weighted by atomic mass is 19.4. The minimum atomic E-state index is -5.84. The number of ketones is 1.